The van der Waals surface area contributed by atoms with Crippen LogP contribution < -0.4 is 5.32 Å². The maximum absolute atomic E-state index is 8.59. The topological polar surface area (TPSA) is 46.4 Å². The van der Waals surface area contributed by atoms with Crippen LogP contribution in [0.3, 0.4) is 0 Å². The first-order valence-electron chi connectivity index (χ1n) is 5.86. The highest BCUT2D eigenvalue weighted by molar-refractivity contribution is 5.11. The van der Waals surface area contributed by atoms with E-state index in [2.05, 4.69) is 42.1 Å². The molecular formula is C12H22N2O2. The van der Waals surface area contributed by atoms with Crippen LogP contribution in [0.5, 0.6) is 0 Å². The first kappa shape index (κ1) is 13.2. The molecule has 0 saturated heterocycles. The third-order valence-electron chi connectivity index (χ3n) is 2.53. The van der Waals surface area contributed by atoms with Crippen molar-refractivity contribution in [2.75, 3.05) is 26.4 Å². The van der Waals surface area contributed by atoms with Crippen LogP contribution in [0.1, 0.15) is 25.6 Å². The standard InChI is InChI=1S/C12H22N2O2/c1-3-13-11(2)12-5-4-6-14(12)7-9-16-10-8-15/h4-6,11,13,15H,3,7-10H2,1-2H3. The highest BCUT2D eigenvalue weighted by Gasteiger charge is 2.07. The highest BCUT2D eigenvalue weighted by atomic mass is 16.5. The summed E-state index contributed by atoms with van der Waals surface area (Å²) in [7, 11) is 0. The molecule has 1 rings (SSSR count). The molecule has 16 heavy (non-hydrogen) atoms. The number of aliphatic hydroxyl groups excluding tert-OH is 1. The van der Waals surface area contributed by atoms with Crippen molar-refractivity contribution in [2.45, 2.75) is 26.4 Å². The molecule has 4 heteroatoms. The van der Waals surface area contributed by atoms with Crippen molar-refractivity contribution in [2.24, 2.45) is 0 Å². The molecule has 0 aliphatic rings. The summed E-state index contributed by atoms with van der Waals surface area (Å²) in [5, 5.41) is 12.0. The predicted molar refractivity (Wildman–Crippen MR) is 64.4 cm³/mol. The van der Waals surface area contributed by atoms with Gasteiger partial charge < -0.3 is 19.7 Å². The van der Waals surface area contributed by atoms with Gasteiger partial charge >= 0.3 is 0 Å². The summed E-state index contributed by atoms with van der Waals surface area (Å²) < 4.78 is 7.44. The van der Waals surface area contributed by atoms with Crippen molar-refractivity contribution < 1.29 is 9.84 Å². The van der Waals surface area contributed by atoms with E-state index in [1.807, 2.05) is 0 Å². The zero-order chi connectivity index (χ0) is 11.8. The van der Waals surface area contributed by atoms with Gasteiger partial charge in [0.1, 0.15) is 0 Å². The van der Waals surface area contributed by atoms with Gasteiger partial charge in [-0.2, -0.15) is 0 Å². The maximum Gasteiger partial charge on any atom is 0.0698 e. The Hall–Kier alpha value is -0.840. The van der Waals surface area contributed by atoms with E-state index in [0.29, 0.717) is 19.3 Å². The molecule has 0 aliphatic heterocycles. The number of hydrogen-bond donors (Lipinski definition) is 2. The molecule has 0 fully saturated rings. The van der Waals surface area contributed by atoms with Crippen LogP contribution in [0, 0.1) is 0 Å². The van der Waals surface area contributed by atoms with Crippen molar-refractivity contribution in [1.29, 1.82) is 0 Å². The Morgan fingerprint density at radius 2 is 2.31 bits per heavy atom. The molecule has 2 N–H and O–H groups in total. The van der Waals surface area contributed by atoms with Gasteiger partial charge in [-0.3, -0.25) is 0 Å². The number of nitrogens with one attached hydrogen (secondary N) is 1. The predicted octanol–water partition coefficient (Wildman–Crippen LogP) is 1.17. The summed E-state index contributed by atoms with van der Waals surface area (Å²) in [6.07, 6.45) is 2.06. The molecule has 1 aromatic heterocycles. The molecule has 1 heterocycles. The van der Waals surface area contributed by atoms with Gasteiger partial charge in [0, 0.05) is 24.5 Å². The largest absolute Gasteiger partial charge is 0.394 e. The summed E-state index contributed by atoms with van der Waals surface area (Å²) in [4.78, 5) is 0. The Balaban J connectivity index is 2.43. The van der Waals surface area contributed by atoms with E-state index in [1.54, 1.807) is 0 Å². The molecule has 0 spiro atoms. The minimum Gasteiger partial charge on any atom is -0.394 e. The number of nitrogens with zero attached hydrogens (tertiary/aromatic N) is 1. The van der Waals surface area contributed by atoms with Crippen LogP contribution in [0.2, 0.25) is 0 Å². The Bertz CT molecular complexity index is 286. The SMILES string of the molecule is CCNC(C)c1cccn1CCOCCO. The van der Waals surface area contributed by atoms with Gasteiger partial charge in [0.2, 0.25) is 0 Å². The summed E-state index contributed by atoms with van der Waals surface area (Å²) >= 11 is 0. The highest BCUT2D eigenvalue weighted by Crippen LogP contribution is 2.12. The average molecular weight is 226 g/mol. The van der Waals surface area contributed by atoms with Crippen molar-refractivity contribution in [3.8, 4) is 0 Å². The fourth-order valence-electron chi connectivity index (χ4n) is 1.76. The Labute approximate surface area is 97.2 Å². The number of hydrogen-bond acceptors (Lipinski definition) is 3. The van der Waals surface area contributed by atoms with E-state index >= 15 is 0 Å². The number of ether oxygens (including phenoxy) is 1. The van der Waals surface area contributed by atoms with Crippen LogP contribution in [0.4, 0.5) is 0 Å². The molecule has 0 aromatic carbocycles. The second kappa shape index (κ2) is 7.44. The second-order valence-corrected chi connectivity index (χ2v) is 3.74. The summed E-state index contributed by atoms with van der Waals surface area (Å²) in [6, 6.07) is 4.53. The van der Waals surface area contributed by atoms with Gasteiger partial charge in [0.15, 0.2) is 0 Å². The monoisotopic (exact) mass is 226 g/mol. The van der Waals surface area contributed by atoms with Gasteiger partial charge in [-0.1, -0.05) is 6.92 Å². The lowest BCUT2D eigenvalue weighted by molar-refractivity contribution is 0.0865. The molecule has 0 amide bonds. The summed E-state index contributed by atoms with van der Waals surface area (Å²) in [5.74, 6) is 0. The lowest BCUT2D eigenvalue weighted by atomic mass is 10.2. The van der Waals surface area contributed by atoms with Crippen LogP contribution in [-0.2, 0) is 11.3 Å². The van der Waals surface area contributed by atoms with E-state index in [9.17, 15) is 0 Å². The number of rotatable bonds is 8. The van der Waals surface area contributed by atoms with E-state index in [0.717, 1.165) is 13.1 Å². The van der Waals surface area contributed by atoms with Crippen LogP contribution in [0.25, 0.3) is 0 Å². The fourth-order valence-corrected chi connectivity index (χ4v) is 1.76. The zero-order valence-corrected chi connectivity index (χ0v) is 10.1. The molecule has 0 aliphatic carbocycles. The summed E-state index contributed by atoms with van der Waals surface area (Å²) in [5.41, 5.74) is 1.27. The smallest absolute Gasteiger partial charge is 0.0698 e. The van der Waals surface area contributed by atoms with Crippen molar-refractivity contribution in [3.63, 3.8) is 0 Å². The van der Waals surface area contributed by atoms with Crippen LogP contribution in [0.15, 0.2) is 18.3 Å². The number of aliphatic hydroxyl groups is 1. The minimum absolute atomic E-state index is 0.0896. The third-order valence-corrected chi connectivity index (χ3v) is 2.53. The van der Waals surface area contributed by atoms with Gasteiger partial charge in [-0.15, -0.1) is 0 Å². The molecule has 1 atom stereocenters. The quantitative estimate of drug-likeness (QED) is 0.654. The maximum atomic E-state index is 8.59. The van der Waals surface area contributed by atoms with Crippen molar-refractivity contribution in [1.82, 2.24) is 9.88 Å². The normalized spacial score (nSPS) is 12.9. The molecule has 1 unspecified atom stereocenters. The van der Waals surface area contributed by atoms with Crippen molar-refractivity contribution >= 4 is 0 Å². The van der Waals surface area contributed by atoms with E-state index in [1.165, 1.54) is 5.69 Å². The molecule has 0 saturated carbocycles. The van der Waals surface area contributed by atoms with Crippen LogP contribution >= 0.6 is 0 Å². The van der Waals surface area contributed by atoms with E-state index in [4.69, 9.17) is 9.84 Å². The zero-order valence-electron chi connectivity index (χ0n) is 10.1. The minimum atomic E-state index is 0.0896. The Kier molecular flexibility index (Phi) is 6.15. The van der Waals surface area contributed by atoms with Crippen molar-refractivity contribution in [3.05, 3.63) is 24.0 Å². The molecule has 0 radical (unpaired) electrons. The molecule has 0 bridgehead atoms. The third kappa shape index (κ3) is 3.96. The Morgan fingerprint density at radius 1 is 1.50 bits per heavy atom. The van der Waals surface area contributed by atoms with Gasteiger partial charge in [0.05, 0.1) is 19.8 Å². The van der Waals surface area contributed by atoms with Gasteiger partial charge in [0.25, 0.3) is 0 Å². The van der Waals surface area contributed by atoms with Gasteiger partial charge in [-0.25, -0.2) is 0 Å². The average Bonchev–Trinajstić information content (AvgIpc) is 2.73. The lowest BCUT2D eigenvalue weighted by Crippen LogP contribution is -2.21. The molecule has 1 aromatic rings. The number of aromatic nitrogens is 1. The first-order chi connectivity index (χ1) is 7.79. The Morgan fingerprint density at radius 3 is 3.00 bits per heavy atom. The first-order valence-corrected chi connectivity index (χ1v) is 5.86. The van der Waals surface area contributed by atoms with E-state index in [-0.39, 0.29) is 6.61 Å². The van der Waals surface area contributed by atoms with Gasteiger partial charge in [-0.05, 0) is 25.6 Å². The molecule has 92 valence electrons. The van der Waals surface area contributed by atoms with E-state index < -0.39 is 0 Å². The van der Waals surface area contributed by atoms with Crippen LogP contribution in [-0.4, -0.2) is 36.0 Å². The fraction of sp³-hybridized carbons (Fsp3) is 0.667. The molecule has 4 nitrogen and oxygen atoms in total. The lowest BCUT2D eigenvalue weighted by Gasteiger charge is -2.16. The second-order valence-electron chi connectivity index (χ2n) is 3.74. The molecular weight excluding hydrogens is 204 g/mol. The summed E-state index contributed by atoms with van der Waals surface area (Å²) in [6.45, 7) is 7.20.